The van der Waals surface area contributed by atoms with Crippen molar-refractivity contribution in [3.05, 3.63) is 267 Å². The highest BCUT2D eigenvalue weighted by atomic mass is 15.1. The smallest absolute Gasteiger partial charge is 0.138 e. The summed E-state index contributed by atoms with van der Waals surface area (Å²) in [6.45, 7) is 0. The molecule has 6 heteroatoms. The Morgan fingerprint density at radius 2 is 0.526 bits per heavy atom. The fourth-order valence-corrected chi connectivity index (χ4v) is 13.1. The lowest BCUT2D eigenvalue weighted by Gasteiger charge is -2.16. The van der Waals surface area contributed by atoms with E-state index >= 15 is 0 Å². The van der Waals surface area contributed by atoms with Crippen LogP contribution in [0, 0.1) is 0 Å². The number of para-hydroxylation sites is 4. The zero-order valence-corrected chi connectivity index (χ0v) is 42.1. The predicted octanol–water partition coefficient (Wildman–Crippen LogP) is 18.5. The van der Waals surface area contributed by atoms with Crippen LogP contribution < -0.4 is 0 Å². The topological polar surface area (TPSA) is 45.5 Å². The first-order valence-electron chi connectivity index (χ1n) is 26.7. The summed E-state index contributed by atoms with van der Waals surface area (Å²) in [5.41, 5.74) is 15.2. The number of pyridine rings is 2. The molecule has 0 N–H and O–H groups in total. The molecule has 11 aromatic carbocycles. The highest BCUT2D eigenvalue weighted by Gasteiger charge is 2.25. The van der Waals surface area contributed by atoms with E-state index in [1.165, 1.54) is 64.6 Å². The highest BCUT2D eigenvalue weighted by Crippen LogP contribution is 2.45. The quantitative estimate of drug-likeness (QED) is 0.167. The minimum Gasteiger partial charge on any atom is -0.307 e. The predicted molar refractivity (Wildman–Crippen MR) is 325 cm³/mol. The van der Waals surface area contributed by atoms with Crippen molar-refractivity contribution in [1.29, 1.82) is 0 Å². The Morgan fingerprint density at radius 3 is 0.936 bits per heavy atom. The van der Waals surface area contributed by atoms with Gasteiger partial charge in [0.2, 0.25) is 0 Å². The molecule has 0 radical (unpaired) electrons. The third-order valence-electron chi connectivity index (χ3n) is 16.3. The fraction of sp³-hybridized carbons (Fsp3) is 0. The molecule has 0 bridgehead atoms. The Hall–Kier alpha value is -10.6. The van der Waals surface area contributed by atoms with Crippen molar-refractivity contribution in [3.63, 3.8) is 0 Å². The molecule has 0 aliphatic rings. The van der Waals surface area contributed by atoms with E-state index < -0.39 is 0 Å². The van der Waals surface area contributed by atoms with Crippen LogP contribution in [0.2, 0.25) is 0 Å². The molecule has 78 heavy (non-hydrogen) atoms. The third-order valence-corrected chi connectivity index (χ3v) is 16.3. The lowest BCUT2D eigenvalue weighted by atomic mass is 10.0. The minimum atomic E-state index is 0.867. The van der Waals surface area contributed by atoms with Crippen LogP contribution in [0.25, 0.3) is 154 Å². The molecular weight excluding hydrogens is 949 g/mol. The van der Waals surface area contributed by atoms with Gasteiger partial charge in [-0.1, -0.05) is 200 Å². The molecule has 0 saturated carbocycles. The molecule has 362 valence electrons. The van der Waals surface area contributed by atoms with Crippen LogP contribution in [0.15, 0.2) is 267 Å². The van der Waals surface area contributed by atoms with Gasteiger partial charge in [-0.3, -0.25) is 9.13 Å². The molecule has 17 rings (SSSR count). The summed E-state index contributed by atoms with van der Waals surface area (Å²) in [5.74, 6) is 1.73. The summed E-state index contributed by atoms with van der Waals surface area (Å²) in [5, 5.41) is 14.2. The van der Waals surface area contributed by atoms with Crippen LogP contribution in [0.4, 0.5) is 0 Å². The van der Waals surface area contributed by atoms with Gasteiger partial charge in [-0.05, 0) is 88.3 Å². The van der Waals surface area contributed by atoms with Gasteiger partial charge in [0.15, 0.2) is 0 Å². The van der Waals surface area contributed by atoms with E-state index in [0.717, 1.165) is 89.7 Å². The zero-order valence-electron chi connectivity index (χ0n) is 42.1. The lowest BCUT2D eigenvalue weighted by Crippen LogP contribution is -2.03. The van der Waals surface area contributed by atoms with E-state index in [2.05, 4.69) is 285 Å². The van der Waals surface area contributed by atoms with Gasteiger partial charge in [0, 0.05) is 65.6 Å². The van der Waals surface area contributed by atoms with Gasteiger partial charge in [0.25, 0.3) is 0 Å². The average molecular weight is 993 g/mol. The molecule has 0 aliphatic carbocycles. The van der Waals surface area contributed by atoms with Crippen molar-refractivity contribution in [2.24, 2.45) is 0 Å². The standard InChI is InChI=1S/C72H44N6/c1-3-24-49-45(18-1)20-13-30-51(49)61-32-16-38-67(73-61)77-65-36-11-7-28-55(65)59-42-40-57-53-26-5-9-34-63(53)75(69(57)71(59)77)47-22-15-23-48(44-47)76-64-35-10-6-27-54(64)58-41-43-60-56-29-8-12-37-66(56)78(72(60)70(58)76)68-39-17-33-62(74-68)52-31-14-21-46-19-2-4-25-50(46)52/h1-44H. The number of benzene rings is 11. The highest BCUT2D eigenvalue weighted by molar-refractivity contribution is 6.25. The first kappa shape index (κ1) is 42.8. The van der Waals surface area contributed by atoms with Crippen LogP contribution in [0.3, 0.4) is 0 Å². The molecule has 6 nitrogen and oxygen atoms in total. The van der Waals surface area contributed by atoms with E-state index in [1.807, 2.05) is 0 Å². The molecule has 0 aliphatic heterocycles. The van der Waals surface area contributed by atoms with Crippen LogP contribution >= 0.6 is 0 Å². The van der Waals surface area contributed by atoms with Gasteiger partial charge in [-0.15, -0.1) is 0 Å². The molecule has 0 unspecified atom stereocenters. The van der Waals surface area contributed by atoms with Gasteiger partial charge in [0.1, 0.15) is 11.6 Å². The van der Waals surface area contributed by atoms with Crippen molar-refractivity contribution in [2.45, 2.75) is 0 Å². The molecule has 0 fully saturated rings. The monoisotopic (exact) mass is 992 g/mol. The van der Waals surface area contributed by atoms with E-state index in [9.17, 15) is 0 Å². The second-order valence-corrected chi connectivity index (χ2v) is 20.5. The van der Waals surface area contributed by atoms with Crippen molar-refractivity contribution < 1.29 is 0 Å². The van der Waals surface area contributed by atoms with E-state index in [0.29, 0.717) is 0 Å². The molecule has 17 aromatic rings. The van der Waals surface area contributed by atoms with E-state index in [1.54, 1.807) is 0 Å². The van der Waals surface area contributed by atoms with Crippen LogP contribution in [-0.2, 0) is 0 Å². The molecule has 0 saturated heterocycles. The van der Waals surface area contributed by atoms with Gasteiger partial charge >= 0.3 is 0 Å². The second-order valence-electron chi connectivity index (χ2n) is 20.5. The summed E-state index contributed by atoms with van der Waals surface area (Å²) in [4.78, 5) is 11.1. The lowest BCUT2D eigenvalue weighted by molar-refractivity contribution is 1.07. The first-order valence-corrected chi connectivity index (χ1v) is 26.7. The van der Waals surface area contributed by atoms with Crippen molar-refractivity contribution in [1.82, 2.24) is 28.2 Å². The third kappa shape index (κ3) is 6.08. The second kappa shape index (κ2) is 16.5. The SMILES string of the molecule is c1cc(-n2c3ccccc3c3ccc4c5ccccc5n(-c5cccc(-c6cccc7ccccc67)n5)c4c32)cc(-n2c3ccccc3c3ccc4c5ccccc5n(-c5cccc(-c6cccc7ccccc67)n5)c4c32)c1. The van der Waals surface area contributed by atoms with Gasteiger partial charge in [-0.2, -0.15) is 0 Å². The molecular formula is C72H44N6. The number of nitrogens with zero attached hydrogens (tertiary/aromatic N) is 6. The number of fused-ring (bicyclic) bond motifs is 16. The van der Waals surface area contributed by atoms with Crippen LogP contribution in [-0.4, -0.2) is 28.2 Å². The summed E-state index contributed by atoms with van der Waals surface area (Å²) in [6.07, 6.45) is 0. The molecule has 0 spiro atoms. The van der Waals surface area contributed by atoms with Gasteiger partial charge in [0.05, 0.1) is 55.5 Å². The average Bonchev–Trinajstić information content (AvgIpc) is 4.44. The normalized spacial score (nSPS) is 12.1. The van der Waals surface area contributed by atoms with E-state index in [-0.39, 0.29) is 0 Å². The number of rotatable bonds is 6. The largest absolute Gasteiger partial charge is 0.307 e. The van der Waals surface area contributed by atoms with Gasteiger partial charge in [-0.25, -0.2) is 9.97 Å². The Labute approximate surface area is 447 Å². The fourth-order valence-electron chi connectivity index (χ4n) is 13.1. The maximum Gasteiger partial charge on any atom is 0.138 e. The number of aromatic nitrogens is 6. The van der Waals surface area contributed by atoms with Gasteiger partial charge < -0.3 is 9.13 Å². The van der Waals surface area contributed by atoms with Crippen LogP contribution in [0.5, 0.6) is 0 Å². The maximum atomic E-state index is 5.55. The summed E-state index contributed by atoms with van der Waals surface area (Å²) in [6, 6.07) is 96.7. The summed E-state index contributed by atoms with van der Waals surface area (Å²) >= 11 is 0. The minimum absolute atomic E-state index is 0.867. The maximum absolute atomic E-state index is 5.55. The molecule has 0 atom stereocenters. The van der Waals surface area contributed by atoms with Crippen molar-refractivity contribution >= 4 is 109 Å². The molecule has 6 heterocycles. The van der Waals surface area contributed by atoms with Crippen LogP contribution in [0.1, 0.15) is 0 Å². The Kier molecular flexibility index (Phi) is 9.03. The van der Waals surface area contributed by atoms with Crippen molar-refractivity contribution in [2.75, 3.05) is 0 Å². The zero-order chi connectivity index (χ0) is 51.0. The van der Waals surface area contributed by atoms with E-state index in [4.69, 9.17) is 9.97 Å². The molecule has 6 aromatic heterocycles. The Balaban J connectivity index is 0.934. The Bertz CT molecular complexity index is 5020. The molecule has 0 amide bonds. The first-order chi connectivity index (χ1) is 38.7. The number of hydrogen-bond acceptors (Lipinski definition) is 2. The Morgan fingerprint density at radius 1 is 0.218 bits per heavy atom. The number of hydrogen-bond donors (Lipinski definition) is 0. The summed E-state index contributed by atoms with van der Waals surface area (Å²) in [7, 11) is 0. The summed E-state index contributed by atoms with van der Waals surface area (Å²) < 4.78 is 9.77. The van der Waals surface area contributed by atoms with Crippen molar-refractivity contribution in [3.8, 4) is 45.5 Å².